The molecule has 2 N–H and O–H groups in total. The van der Waals surface area contributed by atoms with E-state index in [4.69, 9.17) is 0 Å². The lowest BCUT2D eigenvalue weighted by molar-refractivity contribution is 0.477. The molecule has 1 aromatic carbocycles. The topological polar surface area (TPSA) is 96.6 Å². The van der Waals surface area contributed by atoms with Crippen LogP contribution < -0.4 is 5.32 Å². The molecule has 0 aliphatic heterocycles. The van der Waals surface area contributed by atoms with Gasteiger partial charge in [0.1, 0.15) is 15.8 Å². The van der Waals surface area contributed by atoms with Gasteiger partial charge >= 0.3 is 0 Å². The summed E-state index contributed by atoms with van der Waals surface area (Å²) >= 11 is 4.83. The van der Waals surface area contributed by atoms with Gasteiger partial charge in [0, 0.05) is 22.5 Å². The van der Waals surface area contributed by atoms with E-state index < -0.39 is 9.84 Å². The lowest BCUT2D eigenvalue weighted by atomic mass is 10.1. The third-order valence-electron chi connectivity index (χ3n) is 5.59. The number of thiophene rings is 1. The van der Waals surface area contributed by atoms with Gasteiger partial charge in [-0.2, -0.15) is 9.61 Å². The molecule has 4 aromatic rings. The number of anilines is 1. The Morgan fingerprint density at radius 2 is 2.00 bits per heavy atom. The lowest BCUT2D eigenvalue weighted by Gasteiger charge is -2.20. The number of hydrogen-bond acceptors (Lipinski definition) is 7. The van der Waals surface area contributed by atoms with Crippen LogP contribution in [0.3, 0.4) is 0 Å². The molecule has 0 spiro atoms. The van der Waals surface area contributed by atoms with Gasteiger partial charge in [0.15, 0.2) is 15.5 Å². The molecular weight excluding hydrogens is 536 g/mol. The molecule has 0 amide bonds. The molecule has 3 aromatic heterocycles. The summed E-state index contributed by atoms with van der Waals surface area (Å²) in [5.41, 5.74) is 1.89. The average Bonchev–Trinajstić information content (AvgIpc) is 3.40. The molecule has 0 aliphatic carbocycles. The van der Waals surface area contributed by atoms with Gasteiger partial charge < -0.3 is 10.4 Å². The number of fused-ring (bicyclic) bond motifs is 1. The van der Waals surface area contributed by atoms with Gasteiger partial charge in [-0.3, -0.25) is 0 Å². The summed E-state index contributed by atoms with van der Waals surface area (Å²) in [6.45, 7) is 4.03. The van der Waals surface area contributed by atoms with E-state index >= 15 is 0 Å². The molecule has 34 heavy (non-hydrogen) atoms. The Balaban J connectivity index is 1.57. The van der Waals surface area contributed by atoms with Crippen molar-refractivity contribution in [1.29, 1.82) is 0 Å². The van der Waals surface area contributed by atoms with Crippen molar-refractivity contribution >= 4 is 48.6 Å². The minimum atomic E-state index is -3.27. The molecule has 0 saturated heterocycles. The summed E-state index contributed by atoms with van der Waals surface area (Å²) in [6.07, 6.45) is 4.79. The number of para-hydroxylation sites is 1. The van der Waals surface area contributed by atoms with E-state index in [2.05, 4.69) is 38.3 Å². The smallest absolute Gasteiger partial charge is 0.187 e. The third-order valence-corrected chi connectivity index (χ3v) is 9.53. The molecule has 0 bridgehead atoms. The standard InChI is InChI=1S/C24H27BrN4O3S2/c1-3-7-17(8-6-13-34(31,32)23-12-11-16(2)33-23)27-22-14-20(18-9-4-5-10-21(18)30)28-24-19(25)15-26-29(22)24/h4-5,9-12,14-15,17,27,30H,3,6-8,13H2,1-2H3. The molecule has 3 heterocycles. The number of rotatable bonds is 10. The second-order valence-electron chi connectivity index (χ2n) is 8.23. The van der Waals surface area contributed by atoms with E-state index in [1.807, 2.05) is 31.2 Å². The van der Waals surface area contributed by atoms with Gasteiger partial charge in [0.2, 0.25) is 0 Å². The Kier molecular flexibility index (Phi) is 7.59. The fourth-order valence-electron chi connectivity index (χ4n) is 3.91. The van der Waals surface area contributed by atoms with Gasteiger partial charge in [-0.15, -0.1) is 11.3 Å². The molecule has 180 valence electrons. The molecule has 0 radical (unpaired) electrons. The first kappa shape index (κ1) is 24.7. The number of nitrogens with one attached hydrogen (secondary N) is 1. The van der Waals surface area contributed by atoms with Crippen molar-refractivity contribution in [3.63, 3.8) is 0 Å². The summed E-state index contributed by atoms with van der Waals surface area (Å²) in [4.78, 5) is 5.68. The number of aromatic nitrogens is 3. The molecule has 1 atom stereocenters. The first-order chi connectivity index (χ1) is 16.3. The molecule has 0 saturated carbocycles. The number of sulfone groups is 1. The van der Waals surface area contributed by atoms with Crippen LogP contribution in [0.15, 0.2) is 57.3 Å². The highest BCUT2D eigenvalue weighted by Crippen LogP contribution is 2.32. The predicted octanol–water partition coefficient (Wildman–Crippen LogP) is 6.07. The van der Waals surface area contributed by atoms with Crippen molar-refractivity contribution in [2.24, 2.45) is 0 Å². The highest BCUT2D eigenvalue weighted by Gasteiger charge is 2.19. The Morgan fingerprint density at radius 1 is 1.21 bits per heavy atom. The molecule has 7 nitrogen and oxygen atoms in total. The maximum atomic E-state index is 12.7. The van der Waals surface area contributed by atoms with Crippen LogP contribution in [0.25, 0.3) is 16.9 Å². The number of phenolic OH excluding ortho intramolecular Hbond substituents is 1. The average molecular weight is 564 g/mol. The number of nitrogens with zero attached hydrogens (tertiary/aromatic N) is 3. The highest BCUT2D eigenvalue weighted by molar-refractivity contribution is 9.10. The Labute approximate surface area is 211 Å². The Morgan fingerprint density at radius 3 is 2.71 bits per heavy atom. The van der Waals surface area contributed by atoms with Crippen LogP contribution in [-0.2, 0) is 9.84 Å². The number of aryl methyl sites for hydroxylation is 1. The van der Waals surface area contributed by atoms with Crippen LogP contribution in [0.4, 0.5) is 5.82 Å². The molecule has 1 unspecified atom stereocenters. The van der Waals surface area contributed by atoms with E-state index in [9.17, 15) is 13.5 Å². The monoisotopic (exact) mass is 562 g/mol. The summed E-state index contributed by atoms with van der Waals surface area (Å²) in [7, 11) is -3.27. The molecule has 4 rings (SSSR count). The fraction of sp³-hybridized carbons (Fsp3) is 0.333. The quantitative estimate of drug-likeness (QED) is 0.243. The second kappa shape index (κ2) is 10.5. The molecule has 0 aliphatic rings. The number of hydrogen-bond donors (Lipinski definition) is 2. The zero-order valence-corrected chi connectivity index (χ0v) is 22.3. The summed E-state index contributed by atoms with van der Waals surface area (Å²) in [6, 6.07) is 12.6. The van der Waals surface area contributed by atoms with Gasteiger partial charge in [-0.25, -0.2) is 13.4 Å². The number of aromatic hydroxyl groups is 1. The van der Waals surface area contributed by atoms with Crippen LogP contribution in [0.5, 0.6) is 5.75 Å². The minimum absolute atomic E-state index is 0.0658. The van der Waals surface area contributed by atoms with Crippen molar-refractivity contribution in [3.8, 4) is 17.0 Å². The first-order valence-corrected chi connectivity index (χ1v) is 14.4. The normalized spacial score (nSPS) is 12.8. The van der Waals surface area contributed by atoms with E-state index in [0.29, 0.717) is 34.0 Å². The van der Waals surface area contributed by atoms with Crippen molar-refractivity contribution in [3.05, 3.63) is 58.0 Å². The Hall–Kier alpha value is -2.43. The maximum Gasteiger partial charge on any atom is 0.187 e. The summed E-state index contributed by atoms with van der Waals surface area (Å²) in [5.74, 6) is 1.01. The molecule has 0 fully saturated rings. The first-order valence-electron chi connectivity index (χ1n) is 11.2. The van der Waals surface area contributed by atoms with E-state index in [1.165, 1.54) is 11.3 Å². The van der Waals surface area contributed by atoms with Crippen molar-refractivity contribution in [2.45, 2.75) is 49.8 Å². The minimum Gasteiger partial charge on any atom is -0.507 e. The van der Waals surface area contributed by atoms with E-state index in [-0.39, 0.29) is 17.5 Å². The van der Waals surface area contributed by atoms with E-state index in [1.54, 1.807) is 28.9 Å². The second-order valence-corrected chi connectivity index (χ2v) is 12.7. The van der Waals surface area contributed by atoms with Crippen LogP contribution in [0.1, 0.15) is 37.5 Å². The van der Waals surface area contributed by atoms with Crippen molar-refractivity contribution in [1.82, 2.24) is 14.6 Å². The van der Waals surface area contributed by atoms with Crippen LogP contribution in [0.2, 0.25) is 0 Å². The van der Waals surface area contributed by atoms with Gasteiger partial charge in [0.25, 0.3) is 0 Å². The molecule has 10 heteroatoms. The third kappa shape index (κ3) is 5.45. The van der Waals surface area contributed by atoms with Crippen molar-refractivity contribution in [2.75, 3.05) is 11.1 Å². The SMILES string of the molecule is CCCC(CCCS(=O)(=O)c1ccc(C)s1)Nc1cc(-c2ccccc2O)nc2c(Br)cnn12. The fourth-order valence-corrected chi connectivity index (χ4v) is 7.03. The van der Waals surface area contributed by atoms with Crippen molar-refractivity contribution < 1.29 is 13.5 Å². The lowest BCUT2D eigenvalue weighted by Crippen LogP contribution is -2.22. The van der Waals surface area contributed by atoms with Crippen LogP contribution in [0, 0.1) is 6.92 Å². The number of benzene rings is 1. The number of halogens is 1. The zero-order valence-electron chi connectivity index (χ0n) is 19.0. The Bertz CT molecular complexity index is 1400. The predicted molar refractivity (Wildman–Crippen MR) is 140 cm³/mol. The number of phenols is 1. The van der Waals surface area contributed by atoms with Crippen LogP contribution in [-0.4, -0.2) is 39.9 Å². The maximum absolute atomic E-state index is 12.7. The molecular formula is C24H27BrN4O3S2. The van der Waals surface area contributed by atoms with Gasteiger partial charge in [0.05, 0.1) is 22.1 Å². The van der Waals surface area contributed by atoms with Gasteiger partial charge in [-0.05, 0) is 66.4 Å². The van der Waals surface area contributed by atoms with E-state index in [0.717, 1.165) is 28.0 Å². The van der Waals surface area contributed by atoms with Gasteiger partial charge in [-0.1, -0.05) is 25.5 Å². The zero-order chi connectivity index (χ0) is 24.3. The van der Waals surface area contributed by atoms with Crippen LogP contribution >= 0.6 is 27.3 Å². The summed E-state index contributed by atoms with van der Waals surface area (Å²) < 4.78 is 28.3. The summed E-state index contributed by atoms with van der Waals surface area (Å²) in [5, 5.41) is 18.3. The highest BCUT2D eigenvalue weighted by atomic mass is 79.9. The largest absolute Gasteiger partial charge is 0.507 e.